The maximum atomic E-state index is 9.94. The second-order valence-electron chi connectivity index (χ2n) is 4.86. The average molecular weight is 208 g/mol. The Kier molecular flexibility index (Phi) is 3.61. The molecule has 3 heteroatoms. The number of likely N-dealkylation sites (tertiary alicyclic amines) is 1. The van der Waals surface area contributed by atoms with E-state index in [1.54, 1.807) is 0 Å². The molecule has 2 atom stereocenters. The number of hydrogen-bond acceptors (Lipinski definition) is 3. The predicted octanol–water partition coefficient (Wildman–Crippen LogP) is 1.53. The van der Waals surface area contributed by atoms with Gasteiger partial charge in [0.2, 0.25) is 0 Å². The highest BCUT2D eigenvalue weighted by atomic mass is 16.3. The van der Waals surface area contributed by atoms with Crippen molar-refractivity contribution in [2.75, 3.05) is 13.1 Å². The van der Waals surface area contributed by atoms with Gasteiger partial charge in [-0.1, -0.05) is 12.8 Å². The van der Waals surface area contributed by atoms with E-state index in [0.29, 0.717) is 6.04 Å². The first-order valence-corrected chi connectivity index (χ1v) is 6.13. The molecule has 2 fully saturated rings. The molecule has 15 heavy (non-hydrogen) atoms. The summed E-state index contributed by atoms with van der Waals surface area (Å²) >= 11 is 0. The van der Waals surface area contributed by atoms with Gasteiger partial charge in [-0.3, -0.25) is 4.90 Å². The Balaban J connectivity index is 1.86. The Morgan fingerprint density at radius 3 is 2.33 bits per heavy atom. The minimum atomic E-state index is -0.127. The SMILES string of the molecule is N#CC1CCN(C2CCCCC2O)CC1. The molecular weight excluding hydrogens is 188 g/mol. The molecule has 1 aliphatic carbocycles. The molecule has 0 aromatic rings. The summed E-state index contributed by atoms with van der Waals surface area (Å²) in [6.45, 7) is 2.00. The van der Waals surface area contributed by atoms with Crippen molar-refractivity contribution in [1.82, 2.24) is 4.90 Å². The fraction of sp³-hybridized carbons (Fsp3) is 0.917. The molecule has 1 N–H and O–H groups in total. The number of aliphatic hydroxyl groups excluding tert-OH is 1. The van der Waals surface area contributed by atoms with Crippen LogP contribution in [0.4, 0.5) is 0 Å². The van der Waals surface area contributed by atoms with Crippen LogP contribution in [-0.2, 0) is 0 Å². The van der Waals surface area contributed by atoms with Crippen LogP contribution in [0.15, 0.2) is 0 Å². The third-order valence-electron chi connectivity index (χ3n) is 3.88. The van der Waals surface area contributed by atoms with Crippen molar-refractivity contribution in [3.05, 3.63) is 0 Å². The molecule has 84 valence electrons. The van der Waals surface area contributed by atoms with Gasteiger partial charge in [0.05, 0.1) is 12.2 Å². The van der Waals surface area contributed by atoms with Gasteiger partial charge in [0.15, 0.2) is 0 Å². The lowest BCUT2D eigenvalue weighted by molar-refractivity contribution is 0.00742. The molecule has 1 saturated heterocycles. The summed E-state index contributed by atoms with van der Waals surface area (Å²) in [7, 11) is 0. The number of nitriles is 1. The number of aliphatic hydroxyl groups is 1. The number of piperidine rings is 1. The zero-order chi connectivity index (χ0) is 10.7. The Labute approximate surface area is 91.7 Å². The van der Waals surface area contributed by atoms with Gasteiger partial charge in [-0.05, 0) is 38.8 Å². The first-order chi connectivity index (χ1) is 7.31. The van der Waals surface area contributed by atoms with Gasteiger partial charge in [-0.2, -0.15) is 5.26 Å². The molecule has 0 aromatic heterocycles. The summed E-state index contributed by atoms with van der Waals surface area (Å²) in [5, 5.41) is 18.8. The van der Waals surface area contributed by atoms with E-state index in [1.165, 1.54) is 12.8 Å². The molecule has 0 amide bonds. The molecule has 1 heterocycles. The highest BCUT2D eigenvalue weighted by molar-refractivity contribution is 4.91. The van der Waals surface area contributed by atoms with Crippen LogP contribution in [0.25, 0.3) is 0 Å². The second kappa shape index (κ2) is 4.96. The highest BCUT2D eigenvalue weighted by Crippen LogP contribution is 2.27. The monoisotopic (exact) mass is 208 g/mol. The summed E-state index contributed by atoms with van der Waals surface area (Å²) in [6.07, 6.45) is 6.37. The van der Waals surface area contributed by atoms with E-state index in [4.69, 9.17) is 5.26 Å². The van der Waals surface area contributed by atoms with Gasteiger partial charge >= 0.3 is 0 Å². The fourth-order valence-electron chi connectivity index (χ4n) is 2.88. The van der Waals surface area contributed by atoms with Crippen molar-refractivity contribution in [2.24, 2.45) is 5.92 Å². The molecule has 1 aliphatic heterocycles. The Hall–Kier alpha value is -0.590. The average Bonchev–Trinajstić information content (AvgIpc) is 2.30. The van der Waals surface area contributed by atoms with Crippen LogP contribution in [0.1, 0.15) is 38.5 Å². The van der Waals surface area contributed by atoms with E-state index in [1.807, 2.05) is 0 Å². The summed E-state index contributed by atoms with van der Waals surface area (Å²) < 4.78 is 0. The minimum Gasteiger partial charge on any atom is -0.391 e. The summed E-state index contributed by atoms with van der Waals surface area (Å²) in [5.41, 5.74) is 0. The zero-order valence-electron chi connectivity index (χ0n) is 9.23. The van der Waals surface area contributed by atoms with Crippen molar-refractivity contribution in [3.63, 3.8) is 0 Å². The van der Waals surface area contributed by atoms with Crippen molar-refractivity contribution in [3.8, 4) is 6.07 Å². The van der Waals surface area contributed by atoms with Gasteiger partial charge in [-0.25, -0.2) is 0 Å². The van der Waals surface area contributed by atoms with Crippen LogP contribution < -0.4 is 0 Å². The topological polar surface area (TPSA) is 47.3 Å². The number of rotatable bonds is 1. The summed E-state index contributed by atoms with van der Waals surface area (Å²) in [5.74, 6) is 0.252. The summed E-state index contributed by atoms with van der Waals surface area (Å²) in [4.78, 5) is 2.40. The van der Waals surface area contributed by atoms with Crippen LogP contribution in [0.3, 0.4) is 0 Å². The van der Waals surface area contributed by atoms with E-state index in [9.17, 15) is 5.11 Å². The standard InChI is InChI=1S/C12H20N2O/c13-9-10-5-7-14(8-6-10)11-3-1-2-4-12(11)15/h10-12,15H,1-8H2. The van der Waals surface area contributed by atoms with Gasteiger partial charge in [0.1, 0.15) is 0 Å². The molecule has 0 bridgehead atoms. The van der Waals surface area contributed by atoms with Crippen molar-refractivity contribution in [1.29, 1.82) is 5.26 Å². The first kappa shape index (κ1) is 10.9. The maximum Gasteiger partial charge on any atom is 0.0695 e. The highest BCUT2D eigenvalue weighted by Gasteiger charge is 2.31. The Morgan fingerprint density at radius 1 is 1.07 bits per heavy atom. The summed E-state index contributed by atoms with van der Waals surface area (Å²) in [6, 6.07) is 2.72. The molecule has 0 radical (unpaired) electrons. The Bertz CT molecular complexity index is 240. The van der Waals surface area contributed by atoms with E-state index in [-0.39, 0.29) is 12.0 Å². The smallest absolute Gasteiger partial charge is 0.0695 e. The second-order valence-corrected chi connectivity index (χ2v) is 4.86. The van der Waals surface area contributed by atoms with Crippen molar-refractivity contribution in [2.45, 2.75) is 50.7 Å². The molecule has 2 rings (SSSR count). The normalized spacial score (nSPS) is 34.9. The predicted molar refractivity (Wildman–Crippen MR) is 58.2 cm³/mol. The van der Waals surface area contributed by atoms with E-state index >= 15 is 0 Å². The van der Waals surface area contributed by atoms with Crippen LogP contribution in [-0.4, -0.2) is 35.2 Å². The quantitative estimate of drug-likeness (QED) is 0.711. The molecule has 0 aromatic carbocycles. The van der Waals surface area contributed by atoms with Crippen LogP contribution >= 0.6 is 0 Å². The Morgan fingerprint density at radius 2 is 1.73 bits per heavy atom. The molecular formula is C12H20N2O. The van der Waals surface area contributed by atoms with Crippen LogP contribution in [0.2, 0.25) is 0 Å². The molecule has 3 nitrogen and oxygen atoms in total. The molecule has 1 saturated carbocycles. The zero-order valence-corrected chi connectivity index (χ0v) is 9.23. The first-order valence-electron chi connectivity index (χ1n) is 6.13. The van der Waals surface area contributed by atoms with Gasteiger partial charge < -0.3 is 5.11 Å². The van der Waals surface area contributed by atoms with E-state index < -0.39 is 0 Å². The van der Waals surface area contributed by atoms with Crippen molar-refractivity contribution < 1.29 is 5.11 Å². The van der Waals surface area contributed by atoms with Gasteiger partial charge in [0, 0.05) is 12.0 Å². The van der Waals surface area contributed by atoms with Crippen molar-refractivity contribution >= 4 is 0 Å². The number of hydrogen-bond donors (Lipinski definition) is 1. The molecule has 2 aliphatic rings. The molecule has 0 spiro atoms. The van der Waals surface area contributed by atoms with Crippen LogP contribution in [0, 0.1) is 17.2 Å². The largest absolute Gasteiger partial charge is 0.391 e. The third-order valence-corrected chi connectivity index (χ3v) is 3.88. The van der Waals surface area contributed by atoms with E-state index in [0.717, 1.165) is 38.8 Å². The lowest BCUT2D eigenvalue weighted by atomic mass is 9.88. The lowest BCUT2D eigenvalue weighted by Gasteiger charge is -2.40. The minimum absolute atomic E-state index is 0.127. The fourth-order valence-corrected chi connectivity index (χ4v) is 2.88. The van der Waals surface area contributed by atoms with Gasteiger partial charge in [-0.15, -0.1) is 0 Å². The van der Waals surface area contributed by atoms with Gasteiger partial charge in [0.25, 0.3) is 0 Å². The van der Waals surface area contributed by atoms with E-state index in [2.05, 4.69) is 11.0 Å². The maximum absolute atomic E-state index is 9.94. The molecule has 2 unspecified atom stereocenters. The number of nitrogens with zero attached hydrogens (tertiary/aromatic N) is 2. The van der Waals surface area contributed by atoms with Crippen LogP contribution in [0.5, 0.6) is 0 Å². The lowest BCUT2D eigenvalue weighted by Crippen LogP contribution is -2.48. The third kappa shape index (κ3) is 2.50.